The van der Waals surface area contributed by atoms with Crippen LogP contribution in [0, 0.1) is 13.8 Å². The zero-order valence-electron chi connectivity index (χ0n) is 12.7. The van der Waals surface area contributed by atoms with Crippen LogP contribution in [-0.2, 0) is 14.6 Å². The molecule has 0 radical (unpaired) electrons. The van der Waals surface area contributed by atoms with Gasteiger partial charge in [-0.3, -0.25) is 4.79 Å². The van der Waals surface area contributed by atoms with Gasteiger partial charge in [0.2, 0.25) is 15.0 Å². The summed E-state index contributed by atoms with van der Waals surface area (Å²) >= 11 is 0. The molecule has 2 aromatic carbocycles. The predicted octanol–water partition coefficient (Wildman–Crippen LogP) is 3.53. The summed E-state index contributed by atoms with van der Waals surface area (Å²) in [5, 5.41) is 0.918. The quantitative estimate of drug-likeness (QED) is 0.871. The summed E-state index contributed by atoms with van der Waals surface area (Å²) in [7, 11) is -4.32. The number of benzene rings is 2. The zero-order valence-corrected chi connectivity index (χ0v) is 13.5. The van der Waals surface area contributed by atoms with E-state index in [2.05, 4.69) is 5.32 Å². The lowest BCUT2D eigenvalue weighted by atomic mass is 10.2. The molecular weight excluding hydrogens is 317 g/mol. The fourth-order valence-corrected chi connectivity index (χ4v) is 2.81. The van der Waals surface area contributed by atoms with Gasteiger partial charge in [-0.05, 0) is 38.1 Å². The molecule has 6 heteroatoms. The van der Waals surface area contributed by atoms with Gasteiger partial charge >= 0.3 is 0 Å². The Balaban J connectivity index is 2.18. The van der Waals surface area contributed by atoms with E-state index < -0.39 is 20.9 Å². The van der Waals surface area contributed by atoms with Crippen molar-refractivity contribution < 1.29 is 17.6 Å². The number of anilines is 1. The summed E-state index contributed by atoms with van der Waals surface area (Å²) in [6.45, 7) is 3.68. The molecule has 0 saturated carbocycles. The number of halogens is 1. The number of nitrogens with one attached hydrogen (secondary N) is 1. The maximum absolute atomic E-state index is 14.0. The first-order valence-electron chi connectivity index (χ1n) is 6.85. The number of carbonyl (C=O) groups is 1. The molecule has 0 heterocycles. The molecule has 0 aromatic heterocycles. The van der Waals surface area contributed by atoms with E-state index in [1.807, 2.05) is 6.92 Å². The van der Waals surface area contributed by atoms with Crippen molar-refractivity contribution in [2.75, 3.05) is 5.32 Å². The molecule has 0 atom stereocenters. The van der Waals surface area contributed by atoms with Crippen LogP contribution in [0.25, 0.3) is 0 Å². The largest absolute Gasteiger partial charge is 0.322 e. The van der Waals surface area contributed by atoms with Crippen molar-refractivity contribution in [1.82, 2.24) is 0 Å². The highest BCUT2D eigenvalue weighted by molar-refractivity contribution is 7.95. The van der Waals surface area contributed by atoms with Gasteiger partial charge in [-0.2, -0.15) is 4.39 Å². The molecule has 120 valence electrons. The lowest BCUT2D eigenvalue weighted by Crippen LogP contribution is -2.11. The van der Waals surface area contributed by atoms with Gasteiger partial charge in [0.15, 0.2) is 0 Å². The summed E-state index contributed by atoms with van der Waals surface area (Å²) < 4.78 is 38.1. The Bertz CT molecular complexity index is 838. The molecule has 0 aliphatic rings. The van der Waals surface area contributed by atoms with E-state index >= 15 is 0 Å². The maximum atomic E-state index is 14.0. The fraction of sp³-hybridized carbons (Fsp3) is 0.118. The van der Waals surface area contributed by atoms with E-state index in [4.69, 9.17) is 0 Å². The van der Waals surface area contributed by atoms with Gasteiger partial charge in [0, 0.05) is 5.69 Å². The van der Waals surface area contributed by atoms with Crippen molar-refractivity contribution >= 4 is 21.4 Å². The van der Waals surface area contributed by atoms with Crippen molar-refractivity contribution in [2.45, 2.75) is 18.7 Å². The second-order valence-electron chi connectivity index (χ2n) is 5.12. The molecule has 1 N–H and O–H groups in total. The third-order valence-corrected chi connectivity index (χ3v) is 4.68. The van der Waals surface area contributed by atoms with Crippen LogP contribution < -0.4 is 5.32 Å². The third kappa shape index (κ3) is 4.26. The van der Waals surface area contributed by atoms with Gasteiger partial charge in [0.25, 0.3) is 5.91 Å². The molecule has 0 aliphatic carbocycles. The Kier molecular flexibility index (Phi) is 4.95. The summed E-state index contributed by atoms with van der Waals surface area (Å²) in [6.07, 6.45) is 0.440. The van der Waals surface area contributed by atoms with Crippen LogP contribution in [0.1, 0.15) is 11.1 Å². The van der Waals surface area contributed by atoms with E-state index in [0.717, 1.165) is 11.1 Å². The highest BCUT2D eigenvalue weighted by atomic mass is 32.2. The van der Waals surface area contributed by atoms with Crippen molar-refractivity contribution in [3.05, 3.63) is 70.9 Å². The van der Waals surface area contributed by atoms with Gasteiger partial charge in [0.05, 0.1) is 11.0 Å². The van der Waals surface area contributed by atoms with Crippen LogP contribution in [0.2, 0.25) is 0 Å². The van der Waals surface area contributed by atoms with E-state index in [1.54, 1.807) is 43.3 Å². The molecule has 0 bridgehead atoms. The Hall–Kier alpha value is -2.47. The minimum Gasteiger partial charge on any atom is -0.322 e. The van der Waals surface area contributed by atoms with Gasteiger partial charge in [-0.25, -0.2) is 8.42 Å². The average molecular weight is 333 g/mol. The zero-order chi connectivity index (χ0) is 17.0. The minimum atomic E-state index is -4.32. The summed E-state index contributed by atoms with van der Waals surface area (Å²) in [6, 6.07) is 12.6. The molecule has 0 aliphatic heterocycles. The maximum Gasteiger partial charge on any atom is 0.252 e. The monoisotopic (exact) mass is 333 g/mol. The molecular formula is C17H16FNO3S. The molecule has 0 saturated heterocycles. The molecule has 0 fully saturated rings. The highest BCUT2D eigenvalue weighted by Crippen LogP contribution is 2.20. The minimum absolute atomic E-state index is 0.194. The first-order chi connectivity index (χ1) is 10.8. The topological polar surface area (TPSA) is 63.2 Å². The predicted molar refractivity (Wildman–Crippen MR) is 87.4 cm³/mol. The Morgan fingerprint density at radius 2 is 1.43 bits per heavy atom. The normalized spacial score (nSPS) is 12.0. The van der Waals surface area contributed by atoms with Crippen LogP contribution in [0.15, 0.2) is 64.7 Å². The smallest absolute Gasteiger partial charge is 0.252 e. The second-order valence-corrected chi connectivity index (χ2v) is 6.99. The van der Waals surface area contributed by atoms with Crippen molar-refractivity contribution in [3.8, 4) is 0 Å². The number of hydrogen-bond donors (Lipinski definition) is 1. The summed E-state index contributed by atoms with van der Waals surface area (Å²) in [4.78, 5) is 11.6. The van der Waals surface area contributed by atoms with Gasteiger partial charge in [-0.15, -0.1) is 0 Å². The summed E-state index contributed by atoms with van der Waals surface area (Å²) in [5.41, 5.74) is 2.31. The van der Waals surface area contributed by atoms with Crippen LogP contribution >= 0.6 is 0 Å². The molecule has 1 amide bonds. The number of rotatable bonds is 4. The molecule has 2 rings (SSSR count). The lowest BCUT2D eigenvalue weighted by molar-refractivity contribution is -0.112. The SMILES string of the molecule is Cc1ccc(NC(=O)C=C(F)S(=O)(=O)c2ccc(C)cc2)cc1. The highest BCUT2D eigenvalue weighted by Gasteiger charge is 2.21. The first kappa shape index (κ1) is 16.9. The molecule has 23 heavy (non-hydrogen) atoms. The third-order valence-electron chi connectivity index (χ3n) is 3.15. The molecule has 0 unspecified atom stereocenters. The van der Waals surface area contributed by atoms with Gasteiger partial charge in [0.1, 0.15) is 0 Å². The van der Waals surface area contributed by atoms with E-state index in [-0.39, 0.29) is 4.90 Å². The second kappa shape index (κ2) is 6.75. The molecule has 2 aromatic rings. The number of hydrogen-bond acceptors (Lipinski definition) is 3. The average Bonchev–Trinajstić information content (AvgIpc) is 2.50. The van der Waals surface area contributed by atoms with Gasteiger partial charge < -0.3 is 5.32 Å². The first-order valence-corrected chi connectivity index (χ1v) is 8.34. The van der Waals surface area contributed by atoms with Crippen molar-refractivity contribution in [3.63, 3.8) is 0 Å². The van der Waals surface area contributed by atoms with Crippen LogP contribution in [-0.4, -0.2) is 14.3 Å². The standard InChI is InChI=1S/C17H16FNO3S/c1-12-3-7-14(8-4-12)19-17(20)11-16(18)23(21,22)15-9-5-13(2)6-10-15/h3-11H,1-2H3,(H,19,20). The van der Waals surface area contributed by atoms with Crippen LogP contribution in [0.4, 0.5) is 10.1 Å². The van der Waals surface area contributed by atoms with E-state index in [9.17, 15) is 17.6 Å². The van der Waals surface area contributed by atoms with Crippen LogP contribution in [0.5, 0.6) is 0 Å². The fourth-order valence-electron chi connectivity index (χ4n) is 1.83. The van der Waals surface area contributed by atoms with Gasteiger partial charge in [-0.1, -0.05) is 35.4 Å². The molecule has 4 nitrogen and oxygen atoms in total. The Morgan fingerprint density at radius 3 is 1.96 bits per heavy atom. The summed E-state index contributed by atoms with van der Waals surface area (Å²) in [5.74, 6) is -0.845. The van der Waals surface area contributed by atoms with Crippen LogP contribution in [0.3, 0.4) is 0 Å². The molecule has 0 spiro atoms. The Labute approximate surface area is 134 Å². The van der Waals surface area contributed by atoms with Crippen molar-refractivity contribution in [1.29, 1.82) is 0 Å². The number of amides is 1. The van der Waals surface area contributed by atoms with E-state index in [0.29, 0.717) is 11.8 Å². The number of aryl methyl sites for hydroxylation is 2. The Morgan fingerprint density at radius 1 is 0.957 bits per heavy atom. The van der Waals surface area contributed by atoms with Crippen molar-refractivity contribution in [2.24, 2.45) is 0 Å². The lowest BCUT2D eigenvalue weighted by Gasteiger charge is -2.04. The van der Waals surface area contributed by atoms with E-state index in [1.165, 1.54) is 12.1 Å². The number of sulfone groups is 1. The number of carbonyl (C=O) groups excluding carboxylic acids is 1.